The van der Waals surface area contributed by atoms with Crippen LogP contribution in [0.4, 0.5) is 4.39 Å². The first-order valence-corrected chi connectivity index (χ1v) is 6.08. The number of hydrogen-bond donors (Lipinski definition) is 0. The Bertz CT molecular complexity index is 494. The van der Waals surface area contributed by atoms with Gasteiger partial charge in [0.1, 0.15) is 5.82 Å². The molecule has 1 aromatic rings. The number of nitriles is 1. The fourth-order valence-electron chi connectivity index (χ4n) is 1.68. The Balaban J connectivity index is 2.79. The minimum absolute atomic E-state index is 0.00115. The third kappa shape index (κ3) is 4.68. The van der Waals surface area contributed by atoms with Crippen molar-refractivity contribution < 1.29 is 9.18 Å². The molecule has 0 N–H and O–H groups in total. The van der Waals surface area contributed by atoms with E-state index in [9.17, 15) is 9.18 Å². The minimum atomic E-state index is -0.427. The third-order valence-corrected chi connectivity index (χ3v) is 2.80. The van der Waals surface area contributed by atoms with Crippen LogP contribution in [0.2, 0.25) is 0 Å². The molecule has 0 atom stereocenters. The van der Waals surface area contributed by atoms with Gasteiger partial charge in [0, 0.05) is 20.6 Å². The van der Waals surface area contributed by atoms with Gasteiger partial charge in [-0.1, -0.05) is 6.92 Å². The van der Waals surface area contributed by atoms with Gasteiger partial charge in [-0.25, -0.2) is 4.39 Å². The monoisotopic (exact) mass is 263 g/mol. The van der Waals surface area contributed by atoms with Crippen molar-refractivity contribution in [2.45, 2.75) is 13.5 Å². The van der Waals surface area contributed by atoms with Crippen LogP contribution in [0, 0.1) is 17.1 Å². The fraction of sp³-hybridized carbons (Fsp3) is 0.429. The van der Waals surface area contributed by atoms with E-state index in [1.165, 1.54) is 17.0 Å². The zero-order valence-corrected chi connectivity index (χ0v) is 11.5. The Morgan fingerprint density at radius 3 is 2.58 bits per heavy atom. The van der Waals surface area contributed by atoms with E-state index >= 15 is 0 Å². The molecule has 19 heavy (non-hydrogen) atoms. The number of carbonyl (C=O) groups excluding carboxylic acids is 1. The Kier molecular flexibility index (Phi) is 5.46. The molecular formula is C14H18FN3O. The first-order chi connectivity index (χ1) is 8.96. The molecule has 0 heterocycles. The van der Waals surface area contributed by atoms with Gasteiger partial charge in [0.2, 0.25) is 5.91 Å². The molecule has 0 saturated carbocycles. The van der Waals surface area contributed by atoms with Crippen molar-refractivity contribution >= 4 is 5.91 Å². The van der Waals surface area contributed by atoms with Crippen molar-refractivity contribution in [1.29, 1.82) is 5.26 Å². The molecule has 5 heteroatoms. The Labute approximate surface area is 113 Å². The number of hydrogen-bond acceptors (Lipinski definition) is 3. The van der Waals surface area contributed by atoms with Crippen LogP contribution in [0.15, 0.2) is 18.2 Å². The highest BCUT2D eigenvalue weighted by Gasteiger charge is 2.12. The molecule has 0 aliphatic heterocycles. The van der Waals surface area contributed by atoms with E-state index in [0.29, 0.717) is 24.2 Å². The summed E-state index contributed by atoms with van der Waals surface area (Å²) in [7, 11) is 3.40. The SMILES string of the molecule is CCN(CC(=O)N(C)C)Cc1cc(F)cc(C#N)c1. The normalized spacial score (nSPS) is 10.3. The van der Waals surface area contributed by atoms with Crippen LogP contribution in [-0.2, 0) is 11.3 Å². The van der Waals surface area contributed by atoms with Gasteiger partial charge in [0.25, 0.3) is 0 Å². The first-order valence-electron chi connectivity index (χ1n) is 6.08. The van der Waals surface area contributed by atoms with Crippen molar-refractivity contribution in [1.82, 2.24) is 9.80 Å². The van der Waals surface area contributed by atoms with E-state index in [4.69, 9.17) is 5.26 Å². The van der Waals surface area contributed by atoms with Gasteiger partial charge in [-0.15, -0.1) is 0 Å². The minimum Gasteiger partial charge on any atom is -0.348 e. The van der Waals surface area contributed by atoms with Crippen molar-refractivity contribution in [3.63, 3.8) is 0 Å². The quantitative estimate of drug-likeness (QED) is 0.811. The average molecular weight is 263 g/mol. The molecule has 1 aromatic carbocycles. The van der Waals surface area contributed by atoms with Gasteiger partial charge in [-0.2, -0.15) is 5.26 Å². The summed E-state index contributed by atoms with van der Waals surface area (Å²) >= 11 is 0. The molecule has 0 aromatic heterocycles. The van der Waals surface area contributed by atoms with E-state index in [-0.39, 0.29) is 12.5 Å². The highest BCUT2D eigenvalue weighted by molar-refractivity contribution is 5.77. The average Bonchev–Trinajstić information content (AvgIpc) is 2.36. The second-order valence-corrected chi connectivity index (χ2v) is 4.55. The van der Waals surface area contributed by atoms with E-state index in [0.717, 1.165) is 0 Å². The predicted octanol–water partition coefficient (Wildman–Crippen LogP) is 1.61. The number of likely N-dealkylation sites (N-methyl/N-ethyl adjacent to an activating group) is 2. The maximum Gasteiger partial charge on any atom is 0.236 e. The molecule has 0 radical (unpaired) electrons. The predicted molar refractivity (Wildman–Crippen MR) is 70.8 cm³/mol. The summed E-state index contributed by atoms with van der Waals surface area (Å²) in [4.78, 5) is 15.1. The van der Waals surface area contributed by atoms with Gasteiger partial charge in [-0.05, 0) is 30.3 Å². The maximum atomic E-state index is 13.3. The standard InChI is InChI=1S/C14H18FN3O/c1-4-18(10-14(19)17(2)3)9-12-5-11(8-16)6-13(15)7-12/h5-7H,4,9-10H2,1-3H3. The largest absolute Gasteiger partial charge is 0.348 e. The summed E-state index contributed by atoms with van der Waals surface area (Å²) in [6, 6.07) is 6.16. The highest BCUT2D eigenvalue weighted by atomic mass is 19.1. The fourth-order valence-corrected chi connectivity index (χ4v) is 1.68. The molecule has 0 aliphatic rings. The lowest BCUT2D eigenvalue weighted by Crippen LogP contribution is -2.36. The number of nitrogens with zero attached hydrogens (tertiary/aromatic N) is 3. The molecule has 1 rings (SSSR count). The number of halogens is 1. The molecule has 0 saturated heterocycles. The lowest BCUT2D eigenvalue weighted by Gasteiger charge is -2.22. The lowest BCUT2D eigenvalue weighted by molar-refractivity contribution is -0.130. The van der Waals surface area contributed by atoms with Crippen LogP contribution < -0.4 is 0 Å². The number of rotatable bonds is 5. The summed E-state index contributed by atoms with van der Waals surface area (Å²) in [5.74, 6) is -0.428. The summed E-state index contributed by atoms with van der Waals surface area (Å²) in [6.45, 7) is 3.34. The lowest BCUT2D eigenvalue weighted by atomic mass is 10.1. The molecule has 4 nitrogen and oxygen atoms in total. The smallest absolute Gasteiger partial charge is 0.236 e. The number of amides is 1. The third-order valence-electron chi connectivity index (χ3n) is 2.80. The van der Waals surface area contributed by atoms with Crippen molar-refractivity contribution in [3.8, 4) is 6.07 Å². The summed E-state index contributed by atoms with van der Waals surface area (Å²) in [6.07, 6.45) is 0. The molecule has 0 fully saturated rings. The Hall–Kier alpha value is -1.93. The van der Waals surface area contributed by atoms with Gasteiger partial charge in [0.15, 0.2) is 0 Å². The summed E-state index contributed by atoms with van der Waals surface area (Å²) < 4.78 is 13.3. The van der Waals surface area contributed by atoms with Crippen molar-refractivity contribution in [2.75, 3.05) is 27.2 Å². The molecule has 0 unspecified atom stereocenters. The molecular weight excluding hydrogens is 245 g/mol. The number of benzene rings is 1. The Morgan fingerprint density at radius 2 is 2.05 bits per heavy atom. The van der Waals surface area contributed by atoms with Crippen LogP contribution >= 0.6 is 0 Å². The second kappa shape index (κ2) is 6.86. The molecule has 1 amide bonds. The van der Waals surface area contributed by atoms with Crippen LogP contribution in [-0.4, -0.2) is 42.9 Å². The molecule has 0 aliphatic carbocycles. The van der Waals surface area contributed by atoms with Gasteiger partial charge < -0.3 is 4.90 Å². The first kappa shape index (κ1) is 15.1. The molecule has 0 spiro atoms. The second-order valence-electron chi connectivity index (χ2n) is 4.55. The highest BCUT2D eigenvalue weighted by Crippen LogP contribution is 2.11. The zero-order valence-electron chi connectivity index (χ0n) is 11.5. The Morgan fingerprint density at radius 1 is 1.37 bits per heavy atom. The van der Waals surface area contributed by atoms with E-state index in [2.05, 4.69) is 0 Å². The van der Waals surface area contributed by atoms with Gasteiger partial charge >= 0.3 is 0 Å². The van der Waals surface area contributed by atoms with Crippen LogP contribution in [0.3, 0.4) is 0 Å². The van der Waals surface area contributed by atoms with Crippen LogP contribution in [0.5, 0.6) is 0 Å². The van der Waals surface area contributed by atoms with Crippen molar-refractivity contribution in [2.24, 2.45) is 0 Å². The van der Waals surface area contributed by atoms with E-state index < -0.39 is 5.82 Å². The maximum absolute atomic E-state index is 13.3. The van der Waals surface area contributed by atoms with E-state index in [1.54, 1.807) is 20.2 Å². The molecule has 102 valence electrons. The zero-order chi connectivity index (χ0) is 14.4. The van der Waals surface area contributed by atoms with Crippen molar-refractivity contribution in [3.05, 3.63) is 35.1 Å². The van der Waals surface area contributed by atoms with Crippen LogP contribution in [0.25, 0.3) is 0 Å². The van der Waals surface area contributed by atoms with E-state index in [1.807, 2.05) is 17.9 Å². The summed E-state index contributed by atoms with van der Waals surface area (Å²) in [5, 5.41) is 8.80. The number of carbonyl (C=O) groups is 1. The van der Waals surface area contributed by atoms with Gasteiger partial charge in [0.05, 0.1) is 18.2 Å². The van der Waals surface area contributed by atoms with Gasteiger partial charge in [-0.3, -0.25) is 9.69 Å². The van der Waals surface area contributed by atoms with Crippen LogP contribution in [0.1, 0.15) is 18.1 Å². The topological polar surface area (TPSA) is 47.3 Å². The summed E-state index contributed by atoms with van der Waals surface area (Å²) in [5.41, 5.74) is 0.995. The molecule has 0 bridgehead atoms.